The third kappa shape index (κ3) is 3.58. The molecule has 7 nitrogen and oxygen atoms in total. The average Bonchev–Trinajstić information content (AvgIpc) is 2.53. The summed E-state index contributed by atoms with van der Waals surface area (Å²) < 4.78 is 22.6. The van der Waals surface area contributed by atoms with Gasteiger partial charge >= 0.3 is 12.0 Å². The van der Waals surface area contributed by atoms with E-state index >= 15 is 0 Å². The molecule has 8 heteroatoms. The van der Waals surface area contributed by atoms with Gasteiger partial charge in [-0.05, 0) is 6.42 Å². The fraction of sp³-hybridized carbons (Fsp3) is 0.778. The van der Waals surface area contributed by atoms with Crippen LogP contribution in [0.2, 0.25) is 0 Å². The van der Waals surface area contributed by atoms with E-state index in [0.29, 0.717) is 6.42 Å². The third-order valence-electron chi connectivity index (χ3n) is 2.58. The van der Waals surface area contributed by atoms with Gasteiger partial charge in [0.25, 0.3) is 0 Å². The van der Waals surface area contributed by atoms with Crippen LogP contribution in [0.1, 0.15) is 6.42 Å². The lowest BCUT2D eigenvalue weighted by molar-refractivity contribution is -0.138. The molecule has 1 heterocycles. The van der Waals surface area contributed by atoms with Gasteiger partial charge in [0.1, 0.15) is 6.54 Å². The Kier molecular flexibility index (Phi) is 3.97. The highest BCUT2D eigenvalue weighted by Crippen LogP contribution is 2.18. The molecule has 1 atom stereocenters. The quantitative estimate of drug-likeness (QED) is 0.723. The minimum Gasteiger partial charge on any atom is -0.480 e. The molecule has 1 unspecified atom stereocenters. The molecule has 2 amide bonds. The normalized spacial score (nSPS) is 22.1. The fourth-order valence-electron chi connectivity index (χ4n) is 1.78. The molecule has 1 aliphatic rings. The Balaban J connectivity index is 2.84. The topological polar surface area (TPSA) is 95.0 Å². The Morgan fingerprint density at radius 2 is 1.94 bits per heavy atom. The SMILES string of the molecule is CN(C)C(=O)N(CC(=O)O)C1CCS(=O)(=O)C1. The maximum Gasteiger partial charge on any atom is 0.323 e. The van der Waals surface area contributed by atoms with E-state index in [4.69, 9.17) is 5.11 Å². The van der Waals surface area contributed by atoms with E-state index in [1.807, 2.05) is 0 Å². The first-order chi connectivity index (χ1) is 7.73. The van der Waals surface area contributed by atoms with Crippen molar-refractivity contribution in [1.82, 2.24) is 9.80 Å². The minimum atomic E-state index is -3.14. The Morgan fingerprint density at radius 3 is 2.29 bits per heavy atom. The number of amides is 2. The van der Waals surface area contributed by atoms with Crippen molar-refractivity contribution in [2.45, 2.75) is 12.5 Å². The molecule has 98 valence electrons. The van der Waals surface area contributed by atoms with Crippen molar-refractivity contribution < 1.29 is 23.1 Å². The van der Waals surface area contributed by atoms with Crippen molar-refractivity contribution >= 4 is 21.8 Å². The van der Waals surface area contributed by atoms with Gasteiger partial charge < -0.3 is 14.9 Å². The van der Waals surface area contributed by atoms with Crippen molar-refractivity contribution in [2.75, 3.05) is 32.1 Å². The summed E-state index contributed by atoms with van der Waals surface area (Å²) in [4.78, 5) is 24.8. The van der Waals surface area contributed by atoms with Gasteiger partial charge in [0.15, 0.2) is 9.84 Å². The number of carbonyl (C=O) groups is 2. The minimum absolute atomic E-state index is 0.00843. The fourth-order valence-corrected chi connectivity index (χ4v) is 3.51. The van der Waals surface area contributed by atoms with Gasteiger partial charge in [-0.15, -0.1) is 0 Å². The van der Waals surface area contributed by atoms with Gasteiger partial charge in [-0.1, -0.05) is 0 Å². The molecule has 1 saturated heterocycles. The van der Waals surface area contributed by atoms with E-state index in [9.17, 15) is 18.0 Å². The maximum absolute atomic E-state index is 11.8. The number of sulfone groups is 1. The van der Waals surface area contributed by atoms with E-state index < -0.39 is 34.4 Å². The molecule has 17 heavy (non-hydrogen) atoms. The maximum atomic E-state index is 11.8. The zero-order chi connectivity index (χ0) is 13.2. The number of hydrogen-bond donors (Lipinski definition) is 1. The van der Waals surface area contributed by atoms with E-state index in [2.05, 4.69) is 0 Å². The smallest absolute Gasteiger partial charge is 0.323 e. The lowest BCUT2D eigenvalue weighted by Crippen LogP contribution is -2.48. The van der Waals surface area contributed by atoms with Crippen LogP contribution in [0.3, 0.4) is 0 Å². The lowest BCUT2D eigenvalue weighted by Gasteiger charge is -2.29. The molecule has 0 aromatic heterocycles. The number of aliphatic carboxylic acids is 1. The molecule has 1 rings (SSSR count). The van der Waals surface area contributed by atoms with Gasteiger partial charge in [0.05, 0.1) is 11.5 Å². The average molecular weight is 264 g/mol. The molecule has 0 radical (unpaired) electrons. The number of carbonyl (C=O) groups excluding carboxylic acids is 1. The van der Waals surface area contributed by atoms with Crippen molar-refractivity contribution in [3.05, 3.63) is 0 Å². The van der Waals surface area contributed by atoms with Crippen LogP contribution >= 0.6 is 0 Å². The van der Waals surface area contributed by atoms with Crippen LogP contribution in [0, 0.1) is 0 Å². The summed E-state index contributed by atoms with van der Waals surface area (Å²) in [5, 5.41) is 8.74. The Bertz CT molecular complexity index is 417. The number of urea groups is 1. The van der Waals surface area contributed by atoms with Crippen LogP contribution in [0.25, 0.3) is 0 Å². The molecule has 0 spiro atoms. The molecule has 0 bridgehead atoms. The second-order valence-electron chi connectivity index (χ2n) is 4.26. The summed E-state index contributed by atoms with van der Waals surface area (Å²) in [6, 6.07) is -1.01. The van der Waals surface area contributed by atoms with Crippen LogP contribution in [-0.2, 0) is 14.6 Å². The highest BCUT2D eigenvalue weighted by atomic mass is 32.2. The third-order valence-corrected chi connectivity index (χ3v) is 4.33. The first-order valence-electron chi connectivity index (χ1n) is 5.13. The number of rotatable bonds is 3. The van der Waals surface area contributed by atoms with Gasteiger partial charge in [0, 0.05) is 20.1 Å². The standard InChI is InChI=1S/C9H16N2O5S/c1-10(2)9(14)11(5-8(12)13)7-3-4-17(15,16)6-7/h7H,3-6H2,1-2H3,(H,12,13). The highest BCUT2D eigenvalue weighted by Gasteiger charge is 2.36. The molecule has 0 saturated carbocycles. The molecule has 0 aromatic rings. The summed E-state index contributed by atoms with van der Waals surface area (Å²) in [5.41, 5.74) is 0. The molecule has 0 aliphatic carbocycles. The molecule has 1 N–H and O–H groups in total. The van der Waals surface area contributed by atoms with Crippen molar-refractivity contribution in [3.8, 4) is 0 Å². The molecule has 1 aliphatic heterocycles. The van der Waals surface area contributed by atoms with E-state index in [0.717, 1.165) is 4.90 Å². The van der Waals surface area contributed by atoms with Gasteiger partial charge in [-0.2, -0.15) is 0 Å². The zero-order valence-corrected chi connectivity index (χ0v) is 10.6. The van der Waals surface area contributed by atoms with Crippen LogP contribution in [0.4, 0.5) is 4.79 Å². The van der Waals surface area contributed by atoms with Crippen LogP contribution in [-0.4, -0.2) is 73.5 Å². The Labute approximate surface area is 99.9 Å². The van der Waals surface area contributed by atoms with Crippen molar-refractivity contribution in [3.63, 3.8) is 0 Å². The summed E-state index contributed by atoms with van der Waals surface area (Å²) in [6.07, 6.45) is 0.301. The van der Waals surface area contributed by atoms with Crippen LogP contribution < -0.4 is 0 Å². The largest absolute Gasteiger partial charge is 0.480 e. The number of carboxylic acid groups (broad SMARTS) is 1. The highest BCUT2D eigenvalue weighted by molar-refractivity contribution is 7.91. The monoisotopic (exact) mass is 264 g/mol. The van der Waals surface area contributed by atoms with Gasteiger partial charge in [0.2, 0.25) is 0 Å². The summed E-state index contributed by atoms with van der Waals surface area (Å²) in [5.74, 6) is -1.29. The van der Waals surface area contributed by atoms with E-state index in [-0.39, 0.29) is 11.5 Å². The second kappa shape index (κ2) is 4.91. The first-order valence-corrected chi connectivity index (χ1v) is 6.95. The lowest BCUT2D eigenvalue weighted by atomic mass is 10.2. The predicted molar refractivity (Wildman–Crippen MR) is 60.5 cm³/mol. The Hall–Kier alpha value is -1.31. The van der Waals surface area contributed by atoms with Crippen LogP contribution in [0.5, 0.6) is 0 Å². The van der Waals surface area contributed by atoms with Crippen molar-refractivity contribution in [2.24, 2.45) is 0 Å². The molecular weight excluding hydrogens is 248 g/mol. The first kappa shape index (κ1) is 13.8. The molecule has 1 fully saturated rings. The second-order valence-corrected chi connectivity index (χ2v) is 6.48. The van der Waals surface area contributed by atoms with E-state index in [1.54, 1.807) is 0 Å². The zero-order valence-electron chi connectivity index (χ0n) is 9.79. The molecular formula is C9H16N2O5S. The summed E-state index contributed by atoms with van der Waals surface area (Å²) >= 11 is 0. The summed E-state index contributed by atoms with van der Waals surface area (Å²) in [6.45, 7) is -0.475. The Morgan fingerprint density at radius 1 is 1.35 bits per heavy atom. The predicted octanol–water partition coefficient (Wildman–Crippen LogP) is -0.758. The number of nitrogens with zero attached hydrogens (tertiary/aromatic N) is 2. The summed E-state index contributed by atoms with van der Waals surface area (Å²) in [7, 11) is -0.140. The van der Waals surface area contributed by atoms with E-state index in [1.165, 1.54) is 19.0 Å². The van der Waals surface area contributed by atoms with Crippen LogP contribution in [0.15, 0.2) is 0 Å². The number of carboxylic acids is 1. The number of hydrogen-bond acceptors (Lipinski definition) is 4. The van der Waals surface area contributed by atoms with Gasteiger partial charge in [-0.3, -0.25) is 4.79 Å². The molecule has 0 aromatic carbocycles. The van der Waals surface area contributed by atoms with Crippen molar-refractivity contribution in [1.29, 1.82) is 0 Å². The van der Waals surface area contributed by atoms with Gasteiger partial charge in [-0.25, -0.2) is 13.2 Å².